The summed E-state index contributed by atoms with van der Waals surface area (Å²) in [5.41, 5.74) is 0.477. The van der Waals surface area contributed by atoms with Gasteiger partial charge in [0, 0.05) is 24.0 Å². The van der Waals surface area contributed by atoms with E-state index in [0.29, 0.717) is 12.8 Å². The van der Waals surface area contributed by atoms with Crippen LogP contribution in [0.25, 0.3) is 0 Å². The normalized spacial score (nSPS) is 44.3. The van der Waals surface area contributed by atoms with E-state index in [4.69, 9.17) is 18.6 Å². The highest BCUT2D eigenvalue weighted by atomic mass is 16.6. The number of carbonyl (C=O) groups excluding carboxylic acids is 2. The van der Waals surface area contributed by atoms with E-state index in [1.54, 1.807) is 12.5 Å². The quantitative estimate of drug-likeness (QED) is 0.757. The molecule has 1 aromatic rings. The summed E-state index contributed by atoms with van der Waals surface area (Å²) in [5, 5.41) is 0. The molecule has 4 aliphatic rings. The van der Waals surface area contributed by atoms with E-state index in [9.17, 15) is 9.59 Å². The number of cyclic esters (lactones) is 1. The van der Waals surface area contributed by atoms with Gasteiger partial charge in [0.25, 0.3) is 0 Å². The van der Waals surface area contributed by atoms with E-state index in [2.05, 4.69) is 6.92 Å². The molecule has 3 saturated heterocycles. The SMILES string of the molecule is C[C@@]12C3=CCC[C@@H]1O[C@](C)([C@H]1C[C@@H](c4ccoc4)OC1=O)C[C@@H]2OC3=O. The molecule has 0 saturated carbocycles. The summed E-state index contributed by atoms with van der Waals surface area (Å²) < 4.78 is 23.0. The molecule has 138 valence electrons. The van der Waals surface area contributed by atoms with Crippen molar-refractivity contribution in [2.75, 3.05) is 0 Å². The van der Waals surface area contributed by atoms with Crippen LogP contribution in [0.4, 0.5) is 0 Å². The minimum absolute atomic E-state index is 0.126. The van der Waals surface area contributed by atoms with Crippen molar-refractivity contribution in [3.8, 4) is 0 Å². The van der Waals surface area contributed by atoms with Crippen molar-refractivity contribution in [3.05, 3.63) is 35.8 Å². The minimum Gasteiger partial charge on any atom is -0.472 e. The van der Waals surface area contributed by atoms with E-state index in [1.807, 2.05) is 19.1 Å². The molecule has 26 heavy (non-hydrogen) atoms. The van der Waals surface area contributed by atoms with Crippen LogP contribution in [0.3, 0.4) is 0 Å². The van der Waals surface area contributed by atoms with Crippen molar-refractivity contribution in [2.45, 2.75) is 63.4 Å². The van der Waals surface area contributed by atoms with Crippen LogP contribution < -0.4 is 0 Å². The van der Waals surface area contributed by atoms with Crippen LogP contribution in [-0.4, -0.2) is 29.7 Å². The van der Waals surface area contributed by atoms with Crippen molar-refractivity contribution in [1.82, 2.24) is 0 Å². The van der Waals surface area contributed by atoms with Gasteiger partial charge in [-0.25, -0.2) is 4.79 Å². The van der Waals surface area contributed by atoms with E-state index < -0.39 is 11.0 Å². The van der Waals surface area contributed by atoms with Gasteiger partial charge in [-0.3, -0.25) is 4.79 Å². The molecular formula is C20H22O6. The fraction of sp³-hybridized carbons (Fsp3) is 0.600. The fourth-order valence-electron chi connectivity index (χ4n) is 5.21. The highest BCUT2D eigenvalue weighted by Gasteiger charge is 2.64. The Morgan fingerprint density at radius 3 is 2.77 bits per heavy atom. The Labute approximate surface area is 151 Å². The van der Waals surface area contributed by atoms with Crippen LogP contribution in [0.1, 0.15) is 51.2 Å². The van der Waals surface area contributed by atoms with Gasteiger partial charge in [-0.15, -0.1) is 0 Å². The zero-order chi connectivity index (χ0) is 18.1. The van der Waals surface area contributed by atoms with E-state index in [0.717, 1.165) is 24.0 Å². The van der Waals surface area contributed by atoms with Gasteiger partial charge in [-0.2, -0.15) is 0 Å². The van der Waals surface area contributed by atoms with Crippen LogP contribution in [0.15, 0.2) is 34.7 Å². The van der Waals surface area contributed by atoms with Gasteiger partial charge in [0.2, 0.25) is 0 Å². The maximum atomic E-state index is 12.6. The molecule has 1 aromatic heterocycles. The first kappa shape index (κ1) is 16.1. The number of rotatable bonds is 2. The Morgan fingerprint density at radius 2 is 2.00 bits per heavy atom. The van der Waals surface area contributed by atoms with Gasteiger partial charge < -0.3 is 18.6 Å². The van der Waals surface area contributed by atoms with E-state index >= 15 is 0 Å². The smallest absolute Gasteiger partial charge is 0.334 e. The maximum absolute atomic E-state index is 12.6. The predicted octanol–water partition coefficient (Wildman–Crippen LogP) is 3.08. The molecule has 6 atom stereocenters. The van der Waals surface area contributed by atoms with Crippen LogP contribution in [0.2, 0.25) is 0 Å². The molecule has 1 aliphatic carbocycles. The van der Waals surface area contributed by atoms with Crippen molar-refractivity contribution in [3.63, 3.8) is 0 Å². The summed E-state index contributed by atoms with van der Waals surface area (Å²) in [5.74, 6) is -0.876. The Balaban J connectivity index is 1.45. The topological polar surface area (TPSA) is 75.0 Å². The van der Waals surface area contributed by atoms with Gasteiger partial charge in [0.1, 0.15) is 12.2 Å². The Kier molecular flexibility index (Phi) is 3.24. The third kappa shape index (κ3) is 2.02. The fourth-order valence-corrected chi connectivity index (χ4v) is 5.21. The van der Waals surface area contributed by atoms with E-state index in [-0.39, 0.29) is 36.2 Å². The highest BCUT2D eigenvalue weighted by Crippen LogP contribution is 2.57. The molecule has 3 aliphatic heterocycles. The second-order valence-electron chi connectivity index (χ2n) is 8.27. The average Bonchev–Trinajstić information content (AvgIpc) is 3.29. The summed E-state index contributed by atoms with van der Waals surface area (Å²) in [6.45, 7) is 4.01. The molecule has 0 amide bonds. The molecule has 6 heteroatoms. The third-order valence-electron chi connectivity index (χ3n) is 6.81. The number of esters is 2. The molecule has 4 heterocycles. The summed E-state index contributed by atoms with van der Waals surface area (Å²) in [6, 6.07) is 1.82. The second-order valence-corrected chi connectivity index (χ2v) is 8.27. The standard InChI is InChI=1S/C20H22O6/c1-19(13-8-14(24-18(13)22)11-6-7-23-10-11)9-16-20(2)12(17(21)25-16)4-3-5-15(20)26-19/h4,6-7,10,13-16H,3,5,8-9H2,1-2H3/t13-,14-,15-,16-,19-,20+/m0/s1. The lowest BCUT2D eigenvalue weighted by molar-refractivity contribution is -0.221. The molecule has 0 radical (unpaired) electrons. The lowest BCUT2D eigenvalue weighted by Crippen LogP contribution is -2.58. The third-order valence-corrected chi connectivity index (χ3v) is 6.81. The molecular weight excluding hydrogens is 336 g/mol. The minimum atomic E-state index is -0.711. The lowest BCUT2D eigenvalue weighted by atomic mass is 9.63. The molecule has 0 unspecified atom stereocenters. The second kappa shape index (κ2) is 5.22. The summed E-state index contributed by atoms with van der Waals surface area (Å²) in [7, 11) is 0. The van der Waals surface area contributed by atoms with Crippen LogP contribution in [0, 0.1) is 11.3 Å². The first-order chi connectivity index (χ1) is 12.4. The molecule has 0 N–H and O–H groups in total. The number of allylic oxidation sites excluding steroid dienone is 1. The first-order valence-electron chi connectivity index (χ1n) is 9.24. The zero-order valence-electron chi connectivity index (χ0n) is 14.9. The molecule has 0 aromatic carbocycles. The largest absolute Gasteiger partial charge is 0.472 e. The monoisotopic (exact) mass is 358 g/mol. The highest BCUT2D eigenvalue weighted by molar-refractivity contribution is 5.93. The summed E-state index contributed by atoms with van der Waals surface area (Å²) in [6.07, 6.45) is 7.15. The predicted molar refractivity (Wildman–Crippen MR) is 88.8 cm³/mol. The van der Waals surface area contributed by atoms with Crippen molar-refractivity contribution in [2.24, 2.45) is 11.3 Å². The summed E-state index contributed by atoms with van der Waals surface area (Å²) >= 11 is 0. The van der Waals surface area contributed by atoms with Gasteiger partial charge in [-0.1, -0.05) is 6.08 Å². The van der Waals surface area contributed by atoms with Crippen molar-refractivity contribution in [1.29, 1.82) is 0 Å². The first-order valence-corrected chi connectivity index (χ1v) is 9.24. The Bertz CT molecular complexity index is 795. The average molecular weight is 358 g/mol. The molecule has 6 nitrogen and oxygen atoms in total. The summed E-state index contributed by atoms with van der Waals surface area (Å²) in [4.78, 5) is 25.0. The van der Waals surface area contributed by atoms with Crippen molar-refractivity contribution >= 4 is 11.9 Å². The van der Waals surface area contributed by atoms with E-state index in [1.165, 1.54) is 0 Å². The molecule has 0 spiro atoms. The van der Waals surface area contributed by atoms with Gasteiger partial charge in [-0.05, 0) is 32.8 Å². The number of hydrogen-bond acceptors (Lipinski definition) is 6. The van der Waals surface area contributed by atoms with Crippen LogP contribution in [0.5, 0.6) is 0 Å². The molecule has 0 bridgehead atoms. The van der Waals surface area contributed by atoms with Crippen LogP contribution in [-0.2, 0) is 23.8 Å². The number of hydrogen-bond donors (Lipinski definition) is 0. The number of carbonyl (C=O) groups is 2. The van der Waals surface area contributed by atoms with Gasteiger partial charge in [0.05, 0.1) is 35.6 Å². The number of furan rings is 1. The zero-order valence-corrected chi connectivity index (χ0v) is 14.9. The lowest BCUT2D eigenvalue weighted by Gasteiger charge is -2.51. The van der Waals surface area contributed by atoms with Gasteiger partial charge >= 0.3 is 11.9 Å². The maximum Gasteiger partial charge on any atom is 0.334 e. The number of ether oxygens (including phenoxy) is 3. The molecule has 5 rings (SSSR count). The van der Waals surface area contributed by atoms with Crippen molar-refractivity contribution < 1.29 is 28.2 Å². The van der Waals surface area contributed by atoms with Gasteiger partial charge in [0.15, 0.2) is 0 Å². The Morgan fingerprint density at radius 1 is 1.15 bits per heavy atom. The van der Waals surface area contributed by atoms with Crippen LogP contribution >= 0.6 is 0 Å². The molecule has 3 fully saturated rings. The Hall–Kier alpha value is -2.08.